The summed E-state index contributed by atoms with van der Waals surface area (Å²) in [6, 6.07) is 8.50. The zero-order chi connectivity index (χ0) is 28.2. The minimum Gasteiger partial charge on any atom is -0.285 e. The fraction of sp³-hybridized carbons (Fsp3) is 0.583. The van der Waals surface area contributed by atoms with Gasteiger partial charge in [0.25, 0.3) is 20.2 Å². The molecule has 0 aliphatic carbocycles. The van der Waals surface area contributed by atoms with Gasteiger partial charge in [-0.05, 0) is 75.0 Å². The monoisotopic (exact) mass is 563 g/mol. The molecule has 204 valence electrons. The van der Waals surface area contributed by atoms with Crippen LogP contribution in [0.2, 0.25) is 0 Å². The molecule has 0 aliphatic rings. The van der Waals surface area contributed by atoms with Crippen molar-refractivity contribution in [3.8, 4) is 0 Å². The van der Waals surface area contributed by atoms with Crippen molar-refractivity contribution in [2.75, 3.05) is 4.72 Å². The number of sulfonamides is 1. The Hall–Kier alpha value is -1.73. The van der Waals surface area contributed by atoms with Gasteiger partial charge in [-0.2, -0.15) is 16.8 Å². The van der Waals surface area contributed by atoms with Crippen molar-refractivity contribution in [3.63, 3.8) is 0 Å². The van der Waals surface area contributed by atoms with Gasteiger partial charge in [-0.25, -0.2) is 8.42 Å². The van der Waals surface area contributed by atoms with Crippen molar-refractivity contribution in [1.29, 1.82) is 0 Å². The van der Waals surface area contributed by atoms with Crippen LogP contribution in [0, 0.1) is 10.8 Å². The first-order valence-electron chi connectivity index (χ1n) is 11.5. The van der Waals surface area contributed by atoms with Gasteiger partial charge in [0.15, 0.2) is 0 Å². The molecule has 36 heavy (non-hydrogen) atoms. The van der Waals surface area contributed by atoms with Crippen LogP contribution in [-0.2, 0) is 30.3 Å². The van der Waals surface area contributed by atoms with Gasteiger partial charge >= 0.3 is 0 Å². The normalized spacial score (nSPS) is 17.4. The number of anilines is 1. The smallest absolute Gasteiger partial charge is 0.285 e. The Morgan fingerprint density at radius 1 is 0.750 bits per heavy atom. The maximum Gasteiger partial charge on any atom is 0.294 e. The van der Waals surface area contributed by atoms with E-state index in [2.05, 4.69) is 4.72 Å². The van der Waals surface area contributed by atoms with E-state index in [1.165, 1.54) is 52.0 Å². The van der Waals surface area contributed by atoms with Crippen LogP contribution in [0.15, 0.2) is 41.3 Å². The Morgan fingerprint density at radius 3 is 1.69 bits per heavy atom. The molecule has 0 saturated carbocycles. The molecule has 0 aromatic heterocycles. The summed E-state index contributed by atoms with van der Waals surface area (Å²) in [4.78, 5) is -0.319. The van der Waals surface area contributed by atoms with Gasteiger partial charge < -0.3 is 0 Å². The maximum atomic E-state index is 14.0. The van der Waals surface area contributed by atoms with Crippen LogP contribution in [0.1, 0.15) is 68.2 Å². The van der Waals surface area contributed by atoms with Crippen LogP contribution >= 0.6 is 0 Å². The molecule has 0 amide bonds. The van der Waals surface area contributed by atoms with Crippen molar-refractivity contribution in [2.24, 2.45) is 10.8 Å². The van der Waals surface area contributed by atoms with Gasteiger partial charge in [0.2, 0.25) is 10.0 Å². The number of nitrogens with one attached hydrogen (secondary N) is 1. The summed E-state index contributed by atoms with van der Waals surface area (Å²) in [6.45, 7) is 12.9. The Balaban J connectivity index is 2.72. The summed E-state index contributed by atoms with van der Waals surface area (Å²) in [6.07, 6.45) is 0.563. The lowest BCUT2D eigenvalue weighted by molar-refractivity contribution is -0.00700. The van der Waals surface area contributed by atoms with E-state index in [9.17, 15) is 34.4 Å². The van der Waals surface area contributed by atoms with Gasteiger partial charge in [-0.3, -0.25) is 13.8 Å². The standard InChI is InChI=1S/C24H37NO8S3/c1-9-23(7,24(8,10-2)22(5,6)36(31,32)33)21(3,4)35(29,30)25-20-13-11-12-17-16-18(34(26,27)28)14-15-19(17)20/h11-16,25H,9-10H2,1-8H3,(H,26,27,28)(H,31,32,33). The Labute approximate surface area is 215 Å². The lowest BCUT2D eigenvalue weighted by atomic mass is 9.52. The molecule has 2 aromatic rings. The Bertz CT molecular complexity index is 1480. The van der Waals surface area contributed by atoms with E-state index in [0.29, 0.717) is 10.8 Å². The molecule has 0 radical (unpaired) electrons. The summed E-state index contributed by atoms with van der Waals surface area (Å²) in [7, 11) is -13.2. The Kier molecular flexibility index (Phi) is 7.82. The predicted molar refractivity (Wildman–Crippen MR) is 143 cm³/mol. The molecule has 0 saturated heterocycles. The molecule has 0 heterocycles. The zero-order valence-electron chi connectivity index (χ0n) is 21.9. The quantitative estimate of drug-likeness (QED) is 0.337. The number of rotatable bonds is 10. The summed E-state index contributed by atoms with van der Waals surface area (Å²) >= 11 is 0. The average molecular weight is 564 g/mol. The predicted octanol–water partition coefficient (Wildman–Crippen LogP) is 5.11. The van der Waals surface area contributed by atoms with E-state index >= 15 is 0 Å². The highest BCUT2D eigenvalue weighted by Gasteiger charge is 2.65. The molecule has 2 aromatic carbocycles. The highest BCUT2D eigenvalue weighted by Crippen LogP contribution is 2.60. The summed E-state index contributed by atoms with van der Waals surface area (Å²) in [5, 5.41) is 0.811. The van der Waals surface area contributed by atoms with E-state index in [1.807, 2.05) is 0 Å². The van der Waals surface area contributed by atoms with Gasteiger partial charge in [0.1, 0.15) is 0 Å². The van der Waals surface area contributed by atoms with Gasteiger partial charge in [0, 0.05) is 5.39 Å². The lowest BCUT2D eigenvalue weighted by Crippen LogP contribution is -2.65. The molecule has 0 bridgehead atoms. The Morgan fingerprint density at radius 2 is 1.25 bits per heavy atom. The van der Waals surface area contributed by atoms with Crippen LogP contribution < -0.4 is 4.72 Å². The summed E-state index contributed by atoms with van der Waals surface area (Å²) in [5.74, 6) is 0. The first-order valence-corrected chi connectivity index (χ1v) is 15.9. The number of hydrogen-bond acceptors (Lipinski definition) is 6. The molecule has 0 aliphatic heterocycles. The van der Waals surface area contributed by atoms with Crippen molar-refractivity contribution in [1.82, 2.24) is 0 Å². The number of hydrogen-bond donors (Lipinski definition) is 3. The topological polar surface area (TPSA) is 155 Å². The summed E-state index contributed by atoms with van der Waals surface area (Å²) < 4.78 is 94.8. The van der Waals surface area contributed by atoms with Gasteiger partial charge in [-0.15, -0.1) is 0 Å². The van der Waals surface area contributed by atoms with Crippen molar-refractivity contribution in [3.05, 3.63) is 36.4 Å². The van der Waals surface area contributed by atoms with Crippen LogP contribution in [0.3, 0.4) is 0 Å². The highest BCUT2D eigenvalue weighted by molar-refractivity contribution is 7.94. The van der Waals surface area contributed by atoms with E-state index in [1.54, 1.807) is 39.8 Å². The molecule has 12 heteroatoms. The molecule has 2 atom stereocenters. The van der Waals surface area contributed by atoms with Crippen LogP contribution in [0.25, 0.3) is 10.8 Å². The second kappa shape index (κ2) is 9.23. The molecule has 9 nitrogen and oxygen atoms in total. The van der Waals surface area contributed by atoms with Crippen LogP contribution in [-0.4, -0.2) is 43.9 Å². The van der Waals surface area contributed by atoms with E-state index in [0.717, 1.165) is 0 Å². The molecule has 0 fully saturated rings. The SMILES string of the molecule is CCC(C)(C(C)(CC)C(C)(C)S(=O)(=O)Nc1cccc2cc(S(=O)(=O)O)ccc12)C(C)(C)S(=O)(=O)O. The van der Waals surface area contributed by atoms with E-state index < -0.39 is 50.6 Å². The summed E-state index contributed by atoms with van der Waals surface area (Å²) in [5.41, 5.74) is -2.13. The molecule has 2 unspecified atom stereocenters. The maximum absolute atomic E-state index is 14.0. The average Bonchev–Trinajstić information content (AvgIpc) is 2.75. The molecule has 3 N–H and O–H groups in total. The van der Waals surface area contributed by atoms with Gasteiger partial charge in [0.05, 0.1) is 20.1 Å². The minimum absolute atomic E-state index is 0.202. The highest BCUT2D eigenvalue weighted by atomic mass is 32.2. The molecular formula is C24H37NO8S3. The van der Waals surface area contributed by atoms with Crippen LogP contribution in [0.5, 0.6) is 0 Å². The fourth-order valence-electron chi connectivity index (χ4n) is 5.33. The third-order valence-electron chi connectivity index (χ3n) is 9.00. The van der Waals surface area contributed by atoms with Crippen molar-refractivity contribution < 1.29 is 34.4 Å². The zero-order valence-corrected chi connectivity index (χ0v) is 24.4. The second-order valence-electron chi connectivity index (χ2n) is 10.6. The third-order valence-corrected chi connectivity index (χ3v) is 13.9. The van der Waals surface area contributed by atoms with E-state index in [-0.39, 0.29) is 23.4 Å². The molecule has 2 rings (SSSR count). The first kappa shape index (κ1) is 30.5. The van der Waals surface area contributed by atoms with Crippen LogP contribution in [0.4, 0.5) is 5.69 Å². The number of benzene rings is 2. The lowest BCUT2D eigenvalue weighted by Gasteiger charge is -2.59. The fourth-order valence-corrected chi connectivity index (χ4v) is 8.47. The third kappa shape index (κ3) is 4.55. The minimum atomic E-state index is -4.56. The van der Waals surface area contributed by atoms with Crippen molar-refractivity contribution in [2.45, 2.75) is 82.6 Å². The van der Waals surface area contributed by atoms with Crippen molar-refractivity contribution >= 4 is 46.7 Å². The molecular weight excluding hydrogens is 526 g/mol. The second-order valence-corrected chi connectivity index (χ2v) is 16.3. The largest absolute Gasteiger partial charge is 0.294 e. The number of fused-ring (bicyclic) bond motifs is 1. The molecule has 0 spiro atoms. The van der Waals surface area contributed by atoms with E-state index in [4.69, 9.17) is 0 Å². The van der Waals surface area contributed by atoms with Gasteiger partial charge in [-0.1, -0.05) is 45.9 Å². The first-order chi connectivity index (χ1) is 16.0.